The standard InChI is InChI=1S/C11H12O5/c1-6-3-7(5-12)9(16-2)4-8(6)10(13)11(14)15/h3-5,10,13H,1-2H3,(H,14,15). The highest BCUT2D eigenvalue weighted by atomic mass is 16.5. The molecule has 1 aromatic carbocycles. The van der Waals surface area contributed by atoms with Gasteiger partial charge in [0.15, 0.2) is 12.4 Å². The van der Waals surface area contributed by atoms with Gasteiger partial charge in [0.1, 0.15) is 5.75 Å². The molecule has 1 aromatic rings. The van der Waals surface area contributed by atoms with Gasteiger partial charge in [0.2, 0.25) is 0 Å². The molecule has 1 rings (SSSR count). The third-order valence-electron chi connectivity index (χ3n) is 2.27. The molecule has 0 aliphatic rings. The quantitative estimate of drug-likeness (QED) is 0.743. The highest BCUT2D eigenvalue weighted by Gasteiger charge is 2.20. The first kappa shape index (κ1) is 12.2. The lowest BCUT2D eigenvalue weighted by Gasteiger charge is -2.12. The summed E-state index contributed by atoms with van der Waals surface area (Å²) >= 11 is 0. The molecule has 5 nitrogen and oxygen atoms in total. The van der Waals surface area contributed by atoms with Gasteiger partial charge in [-0.1, -0.05) is 0 Å². The third kappa shape index (κ3) is 2.20. The number of carboxylic acids is 1. The molecule has 0 aliphatic heterocycles. The van der Waals surface area contributed by atoms with E-state index in [1.165, 1.54) is 19.2 Å². The van der Waals surface area contributed by atoms with Gasteiger partial charge in [-0.3, -0.25) is 4.79 Å². The third-order valence-corrected chi connectivity index (χ3v) is 2.27. The van der Waals surface area contributed by atoms with E-state index in [1.54, 1.807) is 6.92 Å². The summed E-state index contributed by atoms with van der Waals surface area (Å²) in [5, 5.41) is 18.1. The maximum Gasteiger partial charge on any atom is 0.337 e. The molecule has 0 aromatic heterocycles. The minimum Gasteiger partial charge on any atom is -0.496 e. The van der Waals surface area contributed by atoms with Crippen molar-refractivity contribution in [1.29, 1.82) is 0 Å². The van der Waals surface area contributed by atoms with E-state index in [2.05, 4.69) is 0 Å². The van der Waals surface area contributed by atoms with Gasteiger partial charge >= 0.3 is 5.97 Å². The average molecular weight is 224 g/mol. The molecular formula is C11H12O5. The molecule has 1 atom stereocenters. The number of carbonyl (C=O) groups is 2. The first-order valence-electron chi connectivity index (χ1n) is 4.55. The fourth-order valence-corrected chi connectivity index (χ4v) is 1.42. The van der Waals surface area contributed by atoms with E-state index in [4.69, 9.17) is 9.84 Å². The number of aliphatic hydroxyl groups is 1. The van der Waals surface area contributed by atoms with Crippen molar-refractivity contribution in [2.45, 2.75) is 13.0 Å². The van der Waals surface area contributed by atoms with Crippen molar-refractivity contribution >= 4 is 12.3 Å². The van der Waals surface area contributed by atoms with Gasteiger partial charge in [-0.05, 0) is 30.2 Å². The van der Waals surface area contributed by atoms with Crippen LogP contribution in [-0.4, -0.2) is 29.6 Å². The summed E-state index contributed by atoms with van der Waals surface area (Å²) in [6.07, 6.45) is -1.00. The second-order valence-electron chi connectivity index (χ2n) is 3.31. The van der Waals surface area contributed by atoms with E-state index in [0.717, 1.165) is 0 Å². The van der Waals surface area contributed by atoms with Crippen LogP contribution in [0.5, 0.6) is 5.75 Å². The number of hydrogen-bond acceptors (Lipinski definition) is 4. The van der Waals surface area contributed by atoms with Crippen LogP contribution in [0.15, 0.2) is 12.1 Å². The number of ether oxygens (including phenoxy) is 1. The van der Waals surface area contributed by atoms with E-state index in [9.17, 15) is 14.7 Å². The van der Waals surface area contributed by atoms with Crippen molar-refractivity contribution in [3.8, 4) is 5.75 Å². The minimum absolute atomic E-state index is 0.218. The minimum atomic E-state index is -1.62. The summed E-state index contributed by atoms with van der Waals surface area (Å²) in [7, 11) is 1.37. The van der Waals surface area contributed by atoms with Crippen LogP contribution >= 0.6 is 0 Å². The fraction of sp³-hybridized carbons (Fsp3) is 0.273. The van der Waals surface area contributed by atoms with Crippen LogP contribution < -0.4 is 4.74 Å². The van der Waals surface area contributed by atoms with Crippen LogP contribution in [0.2, 0.25) is 0 Å². The molecule has 0 saturated carbocycles. The lowest BCUT2D eigenvalue weighted by Crippen LogP contribution is -2.12. The van der Waals surface area contributed by atoms with Gasteiger partial charge in [0.05, 0.1) is 12.7 Å². The van der Waals surface area contributed by atoms with Crippen molar-refractivity contribution in [2.24, 2.45) is 0 Å². The molecule has 1 unspecified atom stereocenters. The van der Waals surface area contributed by atoms with Crippen LogP contribution in [-0.2, 0) is 4.79 Å². The smallest absolute Gasteiger partial charge is 0.337 e. The number of methoxy groups -OCH3 is 1. The first-order chi connectivity index (χ1) is 7.51. The lowest BCUT2D eigenvalue weighted by molar-refractivity contribution is -0.147. The molecule has 0 spiro atoms. The highest BCUT2D eigenvalue weighted by Crippen LogP contribution is 2.26. The Morgan fingerprint density at radius 2 is 2.12 bits per heavy atom. The Morgan fingerprint density at radius 3 is 2.56 bits per heavy atom. The summed E-state index contributed by atoms with van der Waals surface area (Å²) in [5.74, 6) is -1.10. The Kier molecular flexibility index (Phi) is 3.63. The predicted octanol–water partition coefficient (Wildman–Crippen LogP) is 0.934. The number of rotatable bonds is 4. The normalized spacial score (nSPS) is 11.9. The zero-order valence-electron chi connectivity index (χ0n) is 8.93. The van der Waals surface area contributed by atoms with E-state index in [1.807, 2.05) is 0 Å². The molecule has 2 N–H and O–H groups in total. The Labute approximate surface area is 92.3 Å². The van der Waals surface area contributed by atoms with E-state index in [0.29, 0.717) is 17.4 Å². The maximum atomic E-state index is 10.7. The van der Waals surface area contributed by atoms with Crippen molar-refractivity contribution < 1.29 is 24.5 Å². The van der Waals surface area contributed by atoms with Gasteiger partial charge in [0, 0.05) is 0 Å². The Balaban J connectivity index is 3.31. The number of aliphatic carboxylic acids is 1. The second kappa shape index (κ2) is 4.76. The van der Waals surface area contributed by atoms with Gasteiger partial charge in [-0.15, -0.1) is 0 Å². The second-order valence-corrected chi connectivity index (χ2v) is 3.31. The number of aliphatic hydroxyl groups excluding tert-OH is 1. The summed E-state index contributed by atoms with van der Waals surface area (Å²) in [6.45, 7) is 1.62. The van der Waals surface area contributed by atoms with E-state index in [-0.39, 0.29) is 11.3 Å². The van der Waals surface area contributed by atoms with Crippen molar-refractivity contribution in [3.05, 3.63) is 28.8 Å². The zero-order valence-corrected chi connectivity index (χ0v) is 8.93. The van der Waals surface area contributed by atoms with Crippen LogP contribution in [0.1, 0.15) is 27.6 Å². The zero-order chi connectivity index (χ0) is 12.3. The Morgan fingerprint density at radius 1 is 1.50 bits per heavy atom. The highest BCUT2D eigenvalue weighted by molar-refractivity contribution is 5.81. The molecule has 0 aliphatic carbocycles. The number of aryl methyl sites for hydroxylation is 1. The molecule has 0 saturated heterocycles. The molecule has 0 heterocycles. The topological polar surface area (TPSA) is 83.8 Å². The number of aldehydes is 1. The molecule has 0 bridgehead atoms. The van der Waals surface area contributed by atoms with Gasteiger partial charge in [-0.2, -0.15) is 0 Å². The monoisotopic (exact) mass is 224 g/mol. The molecule has 0 amide bonds. The van der Waals surface area contributed by atoms with Crippen LogP contribution in [0.4, 0.5) is 0 Å². The maximum absolute atomic E-state index is 10.7. The van der Waals surface area contributed by atoms with Crippen molar-refractivity contribution in [1.82, 2.24) is 0 Å². The number of carbonyl (C=O) groups excluding carboxylic acids is 1. The lowest BCUT2D eigenvalue weighted by atomic mass is 10.00. The summed E-state index contributed by atoms with van der Waals surface area (Å²) < 4.78 is 4.93. The summed E-state index contributed by atoms with van der Waals surface area (Å²) in [6, 6.07) is 2.84. The summed E-state index contributed by atoms with van der Waals surface area (Å²) in [4.78, 5) is 21.3. The SMILES string of the molecule is COc1cc(C(O)C(=O)O)c(C)cc1C=O. The molecule has 16 heavy (non-hydrogen) atoms. The fourth-order valence-electron chi connectivity index (χ4n) is 1.42. The largest absolute Gasteiger partial charge is 0.496 e. The molecule has 0 radical (unpaired) electrons. The van der Waals surface area contributed by atoms with Crippen LogP contribution in [0, 0.1) is 6.92 Å². The van der Waals surface area contributed by atoms with E-state index < -0.39 is 12.1 Å². The van der Waals surface area contributed by atoms with Gasteiger partial charge in [0.25, 0.3) is 0 Å². The van der Waals surface area contributed by atoms with E-state index >= 15 is 0 Å². The number of carboxylic acid groups (broad SMARTS) is 1. The van der Waals surface area contributed by atoms with Gasteiger partial charge < -0.3 is 14.9 Å². The Hall–Kier alpha value is -1.88. The predicted molar refractivity (Wildman–Crippen MR) is 55.7 cm³/mol. The van der Waals surface area contributed by atoms with Crippen LogP contribution in [0.25, 0.3) is 0 Å². The number of hydrogen-bond donors (Lipinski definition) is 2. The van der Waals surface area contributed by atoms with Crippen molar-refractivity contribution in [2.75, 3.05) is 7.11 Å². The molecule has 86 valence electrons. The average Bonchev–Trinajstić information content (AvgIpc) is 2.27. The molecule has 5 heteroatoms. The summed E-state index contributed by atoms with van der Waals surface area (Å²) in [5.41, 5.74) is 1.06. The van der Waals surface area contributed by atoms with Crippen molar-refractivity contribution in [3.63, 3.8) is 0 Å². The first-order valence-corrected chi connectivity index (χ1v) is 4.55. The van der Waals surface area contributed by atoms with Gasteiger partial charge in [-0.25, -0.2) is 4.79 Å². The molecular weight excluding hydrogens is 212 g/mol. The molecule has 0 fully saturated rings. The van der Waals surface area contributed by atoms with Crippen LogP contribution in [0.3, 0.4) is 0 Å². The number of benzene rings is 1. The Bertz CT molecular complexity index is 425.